The summed E-state index contributed by atoms with van der Waals surface area (Å²) in [6, 6.07) is 9.98. The third kappa shape index (κ3) is 2.10. The van der Waals surface area contributed by atoms with Gasteiger partial charge < -0.3 is 0 Å². The topological polar surface area (TPSA) is 60.2 Å². The summed E-state index contributed by atoms with van der Waals surface area (Å²) in [5.74, 6) is -0.673. The van der Waals surface area contributed by atoms with Crippen LogP contribution in [0, 0.1) is 15.9 Å². The van der Waals surface area contributed by atoms with Crippen LogP contribution in [-0.4, -0.2) is 11.2 Å². The third-order valence-electron chi connectivity index (χ3n) is 2.52. The molecular weight excluding hydrogens is 237 g/mol. The monoisotopic (exact) mass is 245 g/mol. The van der Waals surface area contributed by atoms with E-state index in [-0.39, 0.29) is 16.8 Å². The molecule has 0 saturated heterocycles. The molecule has 0 unspecified atom stereocenters. The second-order valence-electron chi connectivity index (χ2n) is 3.63. The van der Waals surface area contributed by atoms with E-state index < -0.39 is 10.7 Å². The third-order valence-corrected chi connectivity index (χ3v) is 2.52. The van der Waals surface area contributed by atoms with Gasteiger partial charge in [0.2, 0.25) is 0 Å². The zero-order valence-corrected chi connectivity index (χ0v) is 9.17. The number of benzene rings is 2. The van der Waals surface area contributed by atoms with E-state index >= 15 is 0 Å². The average molecular weight is 245 g/mol. The first-order chi connectivity index (χ1) is 8.63. The Kier molecular flexibility index (Phi) is 3.14. The molecule has 0 aliphatic heterocycles. The maximum atomic E-state index is 13.9. The maximum Gasteiger partial charge on any atom is 0.270 e. The van der Waals surface area contributed by atoms with Crippen LogP contribution in [0.5, 0.6) is 0 Å². The van der Waals surface area contributed by atoms with E-state index in [2.05, 4.69) is 0 Å². The Bertz CT molecular complexity index is 625. The van der Waals surface area contributed by atoms with Crippen molar-refractivity contribution >= 4 is 12.0 Å². The molecule has 0 fully saturated rings. The zero-order chi connectivity index (χ0) is 13.1. The summed E-state index contributed by atoms with van der Waals surface area (Å²) in [5.41, 5.74) is 0.344. The lowest BCUT2D eigenvalue weighted by atomic mass is 10.0. The van der Waals surface area contributed by atoms with Crippen molar-refractivity contribution in [3.63, 3.8) is 0 Å². The van der Waals surface area contributed by atoms with Gasteiger partial charge in [-0.2, -0.15) is 0 Å². The van der Waals surface area contributed by atoms with Crippen molar-refractivity contribution in [3.05, 3.63) is 64.0 Å². The highest BCUT2D eigenvalue weighted by atomic mass is 19.1. The fourth-order valence-corrected chi connectivity index (χ4v) is 1.65. The molecule has 0 aromatic heterocycles. The molecule has 0 aliphatic rings. The van der Waals surface area contributed by atoms with Crippen LogP contribution in [-0.2, 0) is 0 Å². The van der Waals surface area contributed by atoms with Crippen molar-refractivity contribution in [1.29, 1.82) is 0 Å². The number of carbonyl (C=O) groups is 1. The van der Waals surface area contributed by atoms with E-state index in [1.165, 1.54) is 36.4 Å². The number of hydrogen-bond donors (Lipinski definition) is 0. The number of carbonyl (C=O) groups excluding carboxylic acids is 1. The molecule has 90 valence electrons. The van der Waals surface area contributed by atoms with Gasteiger partial charge in [-0.3, -0.25) is 14.9 Å². The van der Waals surface area contributed by atoms with Crippen LogP contribution in [0.1, 0.15) is 10.4 Å². The number of nitro groups is 1. The largest absolute Gasteiger partial charge is 0.298 e. The average Bonchev–Trinajstić information content (AvgIpc) is 2.39. The number of aldehydes is 1. The van der Waals surface area contributed by atoms with Crippen molar-refractivity contribution < 1.29 is 14.1 Å². The lowest BCUT2D eigenvalue weighted by Crippen LogP contribution is -1.93. The Morgan fingerprint density at radius 3 is 2.56 bits per heavy atom. The molecule has 18 heavy (non-hydrogen) atoms. The van der Waals surface area contributed by atoms with Crippen molar-refractivity contribution in [2.24, 2.45) is 0 Å². The molecule has 0 N–H and O–H groups in total. The molecule has 5 heteroatoms. The van der Waals surface area contributed by atoms with Gasteiger partial charge in [0.25, 0.3) is 5.69 Å². The van der Waals surface area contributed by atoms with E-state index in [4.69, 9.17) is 0 Å². The second-order valence-corrected chi connectivity index (χ2v) is 3.63. The standard InChI is InChI=1S/C13H8FNO3/c14-13-10(8-16)4-2-6-12(13)9-3-1-5-11(7-9)15(17)18/h1-8H. The molecule has 0 amide bonds. The first-order valence-electron chi connectivity index (χ1n) is 5.12. The Morgan fingerprint density at radius 2 is 1.89 bits per heavy atom. The Hall–Kier alpha value is -2.56. The Labute approximate surface area is 102 Å². The van der Waals surface area contributed by atoms with Gasteiger partial charge in [0.05, 0.1) is 10.5 Å². The highest BCUT2D eigenvalue weighted by molar-refractivity contribution is 5.80. The number of hydrogen-bond acceptors (Lipinski definition) is 3. The number of halogens is 1. The molecule has 4 nitrogen and oxygen atoms in total. The summed E-state index contributed by atoms with van der Waals surface area (Å²) in [6.07, 6.45) is 0.413. The predicted molar refractivity (Wildman–Crippen MR) is 63.9 cm³/mol. The highest BCUT2D eigenvalue weighted by Gasteiger charge is 2.12. The number of nitrogens with zero attached hydrogens (tertiary/aromatic N) is 1. The van der Waals surface area contributed by atoms with Gasteiger partial charge >= 0.3 is 0 Å². The number of nitro benzene ring substituents is 1. The molecule has 2 aromatic carbocycles. The molecule has 0 saturated carbocycles. The van der Waals surface area contributed by atoms with Crippen LogP contribution >= 0.6 is 0 Å². The summed E-state index contributed by atoms with van der Waals surface area (Å²) < 4.78 is 13.9. The molecule has 0 bridgehead atoms. The first-order valence-corrected chi connectivity index (χ1v) is 5.12. The molecule has 0 radical (unpaired) electrons. The summed E-state index contributed by atoms with van der Waals surface area (Å²) in [4.78, 5) is 20.7. The minimum absolute atomic E-state index is 0.0704. The second kappa shape index (κ2) is 4.75. The van der Waals surface area contributed by atoms with E-state index in [1.54, 1.807) is 6.07 Å². The molecule has 2 rings (SSSR count). The molecule has 0 spiro atoms. The van der Waals surface area contributed by atoms with Gasteiger partial charge in [-0.1, -0.05) is 24.3 Å². The Balaban J connectivity index is 2.58. The van der Waals surface area contributed by atoms with E-state index in [9.17, 15) is 19.3 Å². The van der Waals surface area contributed by atoms with Crippen LogP contribution in [0.2, 0.25) is 0 Å². The van der Waals surface area contributed by atoms with Gasteiger partial charge in [0.15, 0.2) is 6.29 Å². The lowest BCUT2D eigenvalue weighted by molar-refractivity contribution is -0.384. The summed E-state index contributed by atoms with van der Waals surface area (Å²) in [6.45, 7) is 0. The van der Waals surface area contributed by atoms with Crippen molar-refractivity contribution in [3.8, 4) is 11.1 Å². The molecule has 0 heterocycles. The molecule has 0 aliphatic carbocycles. The van der Waals surface area contributed by atoms with Crippen molar-refractivity contribution in [2.75, 3.05) is 0 Å². The SMILES string of the molecule is O=Cc1cccc(-c2cccc([N+](=O)[O-])c2)c1F. The van der Waals surface area contributed by atoms with E-state index in [1.807, 2.05) is 0 Å². The maximum absolute atomic E-state index is 13.9. The van der Waals surface area contributed by atoms with Gasteiger partial charge in [0, 0.05) is 17.7 Å². The van der Waals surface area contributed by atoms with Crippen LogP contribution < -0.4 is 0 Å². The number of non-ortho nitro benzene ring substituents is 1. The van der Waals surface area contributed by atoms with Gasteiger partial charge in [0.1, 0.15) is 5.82 Å². The van der Waals surface area contributed by atoms with Crippen LogP contribution in [0.15, 0.2) is 42.5 Å². The van der Waals surface area contributed by atoms with Crippen molar-refractivity contribution in [2.45, 2.75) is 0 Å². The predicted octanol–water partition coefficient (Wildman–Crippen LogP) is 3.21. The minimum Gasteiger partial charge on any atom is -0.298 e. The Morgan fingerprint density at radius 1 is 1.17 bits per heavy atom. The van der Waals surface area contributed by atoms with Crippen LogP contribution in [0.3, 0.4) is 0 Å². The van der Waals surface area contributed by atoms with Crippen molar-refractivity contribution in [1.82, 2.24) is 0 Å². The van der Waals surface area contributed by atoms with E-state index in [0.717, 1.165) is 0 Å². The smallest absolute Gasteiger partial charge is 0.270 e. The number of rotatable bonds is 3. The van der Waals surface area contributed by atoms with E-state index in [0.29, 0.717) is 11.8 Å². The quantitative estimate of drug-likeness (QED) is 0.474. The van der Waals surface area contributed by atoms with Crippen LogP contribution in [0.25, 0.3) is 11.1 Å². The van der Waals surface area contributed by atoms with Crippen LogP contribution in [0.4, 0.5) is 10.1 Å². The fourth-order valence-electron chi connectivity index (χ4n) is 1.65. The normalized spacial score (nSPS) is 10.1. The molecule has 2 aromatic rings. The minimum atomic E-state index is -0.673. The zero-order valence-electron chi connectivity index (χ0n) is 9.17. The lowest BCUT2D eigenvalue weighted by Gasteiger charge is -2.04. The van der Waals surface area contributed by atoms with Gasteiger partial charge in [-0.05, 0) is 11.6 Å². The highest BCUT2D eigenvalue weighted by Crippen LogP contribution is 2.27. The first kappa shape index (κ1) is 11.9. The van der Waals surface area contributed by atoms with Gasteiger partial charge in [-0.25, -0.2) is 4.39 Å². The molecule has 0 atom stereocenters. The summed E-state index contributed by atoms with van der Waals surface area (Å²) in [7, 11) is 0. The molecular formula is C13H8FNO3. The van der Waals surface area contributed by atoms with Gasteiger partial charge in [-0.15, -0.1) is 0 Å². The summed E-state index contributed by atoms with van der Waals surface area (Å²) in [5, 5.41) is 10.6. The summed E-state index contributed by atoms with van der Waals surface area (Å²) >= 11 is 0. The fraction of sp³-hybridized carbons (Fsp3) is 0.